The number of nitro benzene ring substituents is 1. The highest BCUT2D eigenvalue weighted by Crippen LogP contribution is 2.28. The highest BCUT2D eigenvalue weighted by Gasteiger charge is 2.27. The predicted octanol–water partition coefficient (Wildman–Crippen LogP) is 3.29. The number of ether oxygens (including phenoxy) is 2. The predicted molar refractivity (Wildman–Crippen MR) is 128 cm³/mol. The number of nitrogens with zero attached hydrogens (tertiary/aromatic N) is 2. The molecule has 34 heavy (non-hydrogen) atoms. The molecular weight excluding hydrogens is 488 g/mol. The van der Waals surface area contributed by atoms with Gasteiger partial charge in [-0.1, -0.05) is 19.1 Å². The second kappa shape index (κ2) is 12.3. The van der Waals surface area contributed by atoms with Crippen molar-refractivity contribution in [2.24, 2.45) is 4.99 Å². The van der Waals surface area contributed by atoms with Crippen molar-refractivity contribution in [3.8, 4) is 11.5 Å². The number of hydrogen-bond donors (Lipinski definition) is 2. The molecule has 0 aromatic heterocycles. The topological polar surface area (TPSA) is 166 Å². The number of aliphatic hydroxyl groups is 1. The SMILES string of the molecule is CCS(=O)(=O)C(Cc1cc([N+](=O)[O-])ccc1OC(=O)O)/N=C(\CO)SCc1ccc(OC)cc1. The molecule has 13 heteroatoms. The summed E-state index contributed by atoms with van der Waals surface area (Å²) < 4.78 is 35.3. The summed E-state index contributed by atoms with van der Waals surface area (Å²) in [6, 6.07) is 10.4. The van der Waals surface area contributed by atoms with Gasteiger partial charge in [-0.15, -0.1) is 11.8 Å². The van der Waals surface area contributed by atoms with Gasteiger partial charge in [0.2, 0.25) is 0 Å². The molecule has 0 aliphatic rings. The first-order valence-corrected chi connectivity index (χ1v) is 12.6. The van der Waals surface area contributed by atoms with E-state index in [-0.39, 0.29) is 34.2 Å². The first kappa shape index (κ1) is 27.1. The molecule has 2 N–H and O–H groups in total. The van der Waals surface area contributed by atoms with Gasteiger partial charge in [0.1, 0.15) is 11.5 Å². The Morgan fingerprint density at radius 2 is 1.91 bits per heavy atom. The lowest BCUT2D eigenvalue weighted by Gasteiger charge is -2.16. The number of aliphatic hydroxyl groups excluding tert-OH is 1. The van der Waals surface area contributed by atoms with Crippen molar-refractivity contribution in [2.75, 3.05) is 19.5 Å². The van der Waals surface area contributed by atoms with Crippen molar-refractivity contribution in [3.63, 3.8) is 0 Å². The Kier molecular flexibility index (Phi) is 9.83. The van der Waals surface area contributed by atoms with Crippen LogP contribution in [0.25, 0.3) is 0 Å². The fourth-order valence-electron chi connectivity index (χ4n) is 2.84. The van der Waals surface area contributed by atoms with Crippen molar-refractivity contribution < 1.29 is 37.8 Å². The van der Waals surface area contributed by atoms with E-state index < -0.39 is 32.9 Å². The average Bonchev–Trinajstić information content (AvgIpc) is 2.81. The number of aliphatic imine (C=N–C) groups is 1. The van der Waals surface area contributed by atoms with Gasteiger partial charge in [-0.3, -0.25) is 15.1 Å². The average molecular weight is 513 g/mol. The number of methoxy groups -OCH3 is 1. The molecule has 184 valence electrons. The molecule has 1 unspecified atom stereocenters. The molecular formula is C21H24N2O9S2. The van der Waals surface area contributed by atoms with Crippen LogP contribution in [0.3, 0.4) is 0 Å². The fraction of sp³-hybridized carbons (Fsp3) is 0.333. The minimum absolute atomic E-state index is 0.0141. The summed E-state index contributed by atoms with van der Waals surface area (Å²) in [6.45, 7) is 0.896. The van der Waals surface area contributed by atoms with E-state index >= 15 is 0 Å². The number of thioether (sulfide) groups is 1. The standard InChI is InChI=1S/C21H24N2O9S2/c1-3-34(29,30)20(11-15-10-16(23(27)28)6-9-18(15)32-21(25)26)22-19(12-24)33-13-14-4-7-17(31-2)8-5-14/h4-10,20,24H,3,11-13H2,1-2H3,(H,25,26)/b22-19+. The van der Waals surface area contributed by atoms with E-state index in [0.717, 1.165) is 35.5 Å². The van der Waals surface area contributed by atoms with Gasteiger partial charge < -0.3 is 19.7 Å². The van der Waals surface area contributed by atoms with E-state index in [0.29, 0.717) is 11.5 Å². The lowest BCUT2D eigenvalue weighted by Crippen LogP contribution is -2.26. The van der Waals surface area contributed by atoms with Crippen LogP contribution in [0.15, 0.2) is 47.5 Å². The molecule has 0 radical (unpaired) electrons. The van der Waals surface area contributed by atoms with Crippen LogP contribution >= 0.6 is 11.8 Å². The Hall–Kier alpha value is -3.16. The number of rotatable bonds is 11. The van der Waals surface area contributed by atoms with Crippen molar-refractivity contribution in [1.29, 1.82) is 0 Å². The van der Waals surface area contributed by atoms with Crippen LogP contribution in [0.5, 0.6) is 11.5 Å². The molecule has 0 aliphatic carbocycles. The summed E-state index contributed by atoms with van der Waals surface area (Å²) in [4.78, 5) is 25.7. The summed E-state index contributed by atoms with van der Waals surface area (Å²) in [5, 5.41) is 28.6. The maximum atomic E-state index is 12.7. The number of sulfone groups is 1. The maximum absolute atomic E-state index is 12.7. The normalized spacial score (nSPS) is 12.7. The van der Waals surface area contributed by atoms with Crippen LogP contribution in [0.1, 0.15) is 18.1 Å². The second-order valence-electron chi connectivity index (χ2n) is 6.85. The van der Waals surface area contributed by atoms with E-state index in [1.54, 1.807) is 19.2 Å². The zero-order chi connectivity index (χ0) is 25.3. The van der Waals surface area contributed by atoms with Gasteiger partial charge in [-0.2, -0.15) is 0 Å². The molecule has 0 saturated heterocycles. The largest absolute Gasteiger partial charge is 0.511 e. The molecule has 0 bridgehead atoms. The molecule has 2 aromatic rings. The molecule has 0 spiro atoms. The van der Waals surface area contributed by atoms with Crippen LogP contribution in [-0.2, 0) is 22.0 Å². The van der Waals surface area contributed by atoms with Gasteiger partial charge in [0.05, 0.1) is 23.7 Å². The molecule has 0 fully saturated rings. The Morgan fingerprint density at radius 3 is 2.44 bits per heavy atom. The maximum Gasteiger partial charge on any atom is 0.511 e. The third-order valence-corrected chi connectivity index (χ3v) is 7.60. The van der Waals surface area contributed by atoms with Crippen LogP contribution in [-0.4, -0.2) is 59.6 Å². The Bertz CT molecular complexity index is 1150. The van der Waals surface area contributed by atoms with Gasteiger partial charge in [-0.25, -0.2) is 13.2 Å². The van der Waals surface area contributed by atoms with Gasteiger partial charge in [0.25, 0.3) is 5.69 Å². The lowest BCUT2D eigenvalue weighted by atomic mass is 10.1. The second-order valence-corrected chi connectivity index (χ2v) is 10.3. The molecule has 2 aromatic carbocycles. The Labute approximate surface area is 200 Å². The van der Waals surface area contributed by atoms with Crippen molar-refractivity contribution >= 4 is 38.5 Å². The molecule has 0 aliphatic heterocycles. The van der Waals surface area contributed by atoms with E-state index in [1.807, 2.05) is 12.1 Å². The lowest BCUT2D eigenvalue weighted by molar-refractivity contribution is -0.384. The number of carbonyl (C=O) groups is 1. The number of benzene rings is 2. The molecule has 1 atom stereocenters. The van der Waals surface area contributed by atoms with Crippen molar-refractivity contribution in [1.82, 2.24) is 0 Å². The van der Waals surface area contributed by atoms with Gasteiger partial charge >= 0.3 is 6.16 Å². The third-order valence-electron chi connectivity index (χ3n) is 4.65. The first-order chi connectivity index (χ1) is 16.1. The molecule has 2 rings (SSSR count). The fourth-order valence-corrected chi connectivity index (χ4v) is 4.83. The number of non-ortho nitro benzene ring substituents is 1. The molecule has 0 heterocycles. The zero-order valence-corrected chi connectivity index (χ0v) is 20.0. The van der Waals surface area contributed by atoms with Gasteiger partial charge in [0.15, 0.2) is 15.2 Å². The van der Waals surface area contributed by atoms with E-state index in [9.17, 15) is 28.4 Å². The summed E-state index contributed by atoms with van der Waals surface area (Å²) in [5.74, 6) is 0.552. The van der Waals surface area contributed by atoms with Crippen LogP contribution < -0.4 is 9.47 Å². The van der Waals surface area contributed by atoms with Crippen LogP contribution in [0, 0.1) is 10.1 Å². The van der Waals surface area contributed by atoms with E-state index in [2.05, 4.69) is 9.73 Å². The highest BCUT2D eigenvalue weighted by molar-refractivity contribution is 8.13. The molecule has 11 nitrogen and oxygen atoms in total. The third kappa shape index (κ3) is 7.71. The monoisotopic (exact) mass is 512 g/mol. The number of nitro groups is 1. The van der Waals surface area contributed by atoms with Crippen LogP contribution in [0.4, 0.5) is 10.5 Å². The van der Waals surface area contributed by atoms with Crippen LogP contribution in [0.2, 0.25) is 0 Å². The summed E-state index contributed by atoms with van der Waals surface area (Å²) >= 11 is 1.14. The smallest absolute Gasteiger partial charge is 0.497 e. The molecule has 0 amide bonds. The molecule has 0 saturated carbocycles. The summed E-state index contributed by atoms with van der Waals surface area (Å²) in [7, 11) is -2.29. The highest BCUT2D eigenvalue weighted by atomic mass is 32.2. The minimum atomic E-state index is -3.84. The Morgan fingerprint density at radius 1 is 1.24 bits per heavy atom. The zero-order valence-electron chi connectivity index (χ0n) is 18.4. The minimum Gasteiger partial charge on any atom is -0.497 e. The Balaban J connectivity index is 2.37. The van der Waals surface area contributed by atoms with Crippen molar-refractivity contribution in [3.05, 3.63) is 63.7 Å². The number of hydrogen-bond acceptors (Lipinski definition) is 10. The van der Waals surface area contributed by atoms with Crippen molar-refractivity contribution in [2.45, 2.75) is 24.5 Å². The van der Waals surface area contributed by atoms with E-state index in [1.165, 1.54) is 6.92 Å². The first-order valence-electron chi connectivity index (χ1n) is 9.92. The van der Waals surface area contributed by atoms with Gasteiger partial charge in [0, 0.05) is 35.6 Å². The van der Waals surface area contributed by atoms with E-state index in [4.69, 9.17) is 9.84 Å². The summed E-state index contributed by atoms with van der Waals surface area (Å²) in [6.07, 6.45) is -2.04. The number of carboxylic acid groups (broad SMARTS) is 1. The van der Waals surface area contributed by atoms with Gasteiger partial charge in [-0.05, 0) is 23.8 Å². The quantitative estimate of drug-likeness (QED) is 0.114. The summed E-state index contributed by atoms with van der Waals surface area (Å²) in [5.41, 5.74) is 0.512.